The second kappa shape index (κ2) is 5.81. The molecule has 1 aromatic heterocycles. The monoisotopic (exact) mass is 317 g/mol. The Balaban J connectivity index is 1.99. The minimum Gasteiger partial charge on any atom is -0.422 e. The molecular formula is C15H15N3O5. The van der Waals surface area contributed by atoms with Crippen LogP contribution in [0.15, 0.2) is 33.5 Å². The second-order valence-corrected chi connectivity index (χ2v) is 5.52. The zero-order valence-corrected chi connectivity index (χ0v) is 12.5. The predicted octanol–water partition coefficient (Wildman–Crippen LogP) is 1.09. The van der Waals surface area contributed by atoms with Gasteiger partial charge >= 0.3 is 5.63 Å². The molecule has 2 heterocycles. The van der Waals surface area contributed by atoms with E-state index in [2.05, 4.69) is 4.90 Å². The minimum atomic E-state index is -0.727. The van der Waals surface area contributed by atoms with Gasteiger partial charge in [0.05, 0.1) is 4.92 Å². The number of non-ortho nitro benzene ring substituents is 1. The van der Waals surface area contributed by atoms with Crippen LogP contribution in [0.5, 0.6) is 0 Å². The summed E-state index contributed by atoms with van der Waals surface area (Å²) in [6.07, 6.45) is 0. The van der Waals surface area contributed by atoms with Crippen molar-refractivity contribution in [2.45, 2.75) is 0 Å². The highest BCUT2D eigenvalue weighted by Gasteiger charge is 2.24. The molecule has 0 aliphatic carbocycles. The van der Waals surface area contributed by atoms with Crippen LogP contribution in [0.25, 0.3) is 11.0 Å². The maximum absolute atomic E-state index is 12.5. The fourth-order valence-corrected chi connectivity index (χ4v) is 2.55. The summed E-state index contributed by atoms with van der Waals surface area (Å²) in [7, 11) is 1.96. The van der Waals surface area contributed by atoms with E-state index < -0.39 is 16.5 Å². The van der Waals surface area contributed by atoms with E-state index >= 15 is 0 Å². The Hall–Kier alpha value is -2.74. The van der Waals surface area contributed by atoms with Crippen LogP contribution in [0, 0.1) is 10.1 Å². The van der Waals surface area contributed by atoms with Crippen molar-refractivity contribution in [1.82, 2.24) is 9.80 Å². The van der Waals surface area contributed by atoms with Crippen molar-refractivity contribution in [3.8, 4) is 0 Å². The smallest absolute Gasteiger partial charge is 0.349 e. The van der Waals surface area contributed by atoms with Gasteiger partial charge in [0.2, 0.25) is 0 Å². The molecule has 1 aliphatic rings. The van der Waals surface area contributed by atoms with E-state index in [1.165, 1.54) is 24.3 Å². The molecule has 0 atom stereocenters. The van der Waals surface area contributed by atoms with E-state index in [0.717, 1.165) is 13.1 Å². The Morgan fingerprint density at radius 3 is 2.57 bits per heavy atom. The Kier molecular flexibility index (Phi) is 3.83. The molecule has 2 aromatic rings. The van der Waals surface area contributed by atoms with Crippen molar-refractivity contribution in [3.63, 3.8) is 0 Å². The van der Waals surface area contributed by atoms with Gasteiger partial charge in [-0.05, 0) is 19.2 Å². The molecule has 23 heavy (non-hydrogen) atoms. The van der Waals surface area contributed by atoms with Gasteiger partial charge in [-0.2, -0.15) is 0 Å². The normalized spacial score (nSPS) is 15.8. The van der Waals surface area contributed by atoms with Crippen LogP contribution in [-0.2, 0) is 0 Å². The lowest BCUT2D eigenvalue weighted by molar-refractivity contribution is -0.384. The number of benzene rings is 1. The fraction of sp³-hybridized carbons (Fsp3) is 0.333. The SMILES string of the molecule is CN1CCN(C(=O)c2cc3cc([N+](=O)[O-])ccc3oc2=O)CC1. The lowest BCUT2D eigenvalue weighted by Crippen LogP contribution is -2.48. The first-order valence-corrected chi connectivity index (χ1v) is 7.16. The number of nitrogens with zero attached hydrogens (tertiary/aromatic N) is 3. The number of carbonyl (C=O) groups is 1. The first-order valence-electron chi connectivity index (χ1n) is 7.16. The summed E-state index contributed by atoms with van der Waals surface area (Å²) >= 11 is 0. The average molecular weight is 317 g/mol. The predicted molar refractivity (Wildman–Crippen MR) is 82.5 cm³/mol. The van der Waals surface area contributed by atoms with Crippen molar-refractivity contribution < 1.29 is 14.1 Å². The number of likely N-dealkylation sites (N-methyl/N-ethyl adjacent to an activating group) is 1. The fourth-order valence-electron chi connectivity index (χ4n) is 2.55. The number of hydrogen-bond acceptors (Lipinski definition) is 6. The molecule has 0 radical (unpaired) electrons. The highest BCUT2D eigenvalue weighted by molar-refractivity contribution is 5.97. The summed E-state index contributed by atoms with van der Waals surface area (Å²) in [6, 6.07) is 5.28. The molecule has 3 rings (SSSR count). The highest BCUT2D eigenvalue weighted by Crippen LogP contribution is 2.21. The molecule has 120 valence electrons. The maximum Gasteiger partial charge on any atom is 0.349 e. The molecule has 8 heteroatoms. The molecule has 1 aliphatic heterocycles. The van der Waals surface area contributed by atoms with Crippen LogP contribution in [0.1, 0.15) is 10.4 Å². The number of amides is 1. The molecule has 1 fully saturated rings. The number of rotatable bonds is 2. The quantitative estimate of drug-likeness (QED) is 0.467. The molecule has 1 aromatic carbocycles. The van der Waals surface area contributed by atoms with E-state index in [1.807, 2.05) is 7.05 Å². The van der Waals surface area contributed by atoms with Gasteiger partial charge in [-0.25, -0.2) is 4.79 Å². The van der Waals surface area contributed by atoms with Crippen LogP contribution >= 0.6 is 0 Å². The maximum atomic E-state index is 12.5. The third-order valence-corrected chi connectivity index (χ3v) is 3.95. The molecule has 8 nitrogen and oxygen atoms in total. The third-order valence-electron chi connectivity index (χ3n) is 3.95. The Bertz CT molecular complexity index is 837. The minimum absolute atomic E-state index is 0.0949. The summed E-state index contributed by atoms with van der Waals surface area (Å²) < 4.78 is 5.12. The second-order valence-electron chi connectivity index (χ2n) is 5.52. The van der Waals surface area contributed by atoms with Crippen LogP contribution in [0.2, 0.25) is 0 Å². The summed E-state index contributed by atoms with van der Waals surface area (Å²) in [5.41, 5.74) is -0.724. The van der Waals surface area contributed by atoms with Gasteiger partial charge < -0.3 is 14.2 Å². The van der Waals surface area contributed by atoms with Crippen LogP contribution in [-0.4, -0.2) is 53.9 Å². The third kappa shape index (κ3) is 2.93. The Morgan fingerprint density at radius 2 is 1.91 bits per heavy atom. The molecule has 0 saturated carbocycles. The standard InChI is InChI=1S/C15H15N3O5/c1-16-4-6-17(7-5-16)14(19)12-9-10-8-11(18(21)22)2-3-13(10)23-15(12)20/h2-3,8-9H,4-7H2,1H3. The molecule has 1 saturated heterocycles. The van der Waals surface area contributed by atoms with Crippen LogP contribution in [0.4, 0.5) is 5.69 Å². The van der Waals surface area contributed by atoms with Crippen molar-refractivity contribution >= 4 is 22.6 Å². The molecular weight excluding hydrogens is 302 g/mol. The van der Waals surface area contributed by atoms with E-state index in [-0.39, 0.29) is 16.8 Å². The lowest BCUT2D eigenvalue weighted by atomic mass is 10.1. The van der Waals surface area contributed by atoms with Gasteiger partial charge in [-0.3, -0.25) is 14.9 Å². The number of hydrogen-bond donors (Lipinski definition) is 0. The summed E-state index contributed by atoms with van der Waals surface area (Å²) in [6.45, 7) is 2.52. The highest BCUT2D eigenvalue weighted by atomic mass is 16.6. The number of fused-ring (bicyclic) bond motifs is 1. The largest absolute Gasteiger partial charge is 0.422 e. The zero-order valence-electron chi connectivity index (χ0n) is 12.5. The molecule has 0 spiro atoms. The zero-order chi connectivity index (χ0) is 16.6. The van der Waals surface area contributed by atoms with Gasteiger partial charge in [-0.1, -0.05) is 0 Å². The van der Waals surface area contributed by atoms with E-state index in [9.17, 15) is 19.7 Å². The first-order chi connectivity index (χ1) is 11.0. The van der Waals surface area contributed by atoms with E-state index in [4.69, 9.17) is 4.42 Å². The van der Waals surface area contributed by atoms with Gasteiger partial charge in [-0.15, -0.1) is 0 Å². The summed E-state index contributed by atoms with van der Waals surface area (Å²) in [4.78, 5) is 38.5. The molecule has 0 unspecified atom stereocenters. The Labute approximate surface area is 131 Å². The van der Waals surface area contributed by atoms with Crippen LogP contribution in [0.3, 0.4) is 0 Å². The lowest BCUT2D eigenvalue weighted by Gasteiger charge is -2.32. The molecule has 1 amide bonds. The van der Waals surface area contributed by atoms with Gasteiger partial charge in [0, 0.05) is 43.7 Å². The van der Waals surface area contributed by atoms with Crippen molar-refractivity contribution in [3.05, 3.63) is 50.4 Å². The molecule has 0 bridgehead atoms. The van der Waals surface area contributed by atoms with Crippen molar-refractivity contribution in [2.24, 2.45) is 0 Å². The van der Waals surface area contributed by atoms with Crippen LogP contribution < -0.4 is 5.63 Å². The van der Waals surface area contributed by atoms with Gasteiger partial charge in [0.25, 0.3) is 11.6 Å². The van der Waals surface area contributed by atoms with E-state index in [0.29, 0.717) is 18.5 Å². The summed E-state index contributed by atoms with van der Waals surface area (Å²) in [5.74, 6) is -0.403. The first kappa shape index (κ1) is 15.2. The topological polar surface area (TPSA) is 96.9 Å². The van der Waals surface area contributed by atoms with Crippen molar-refractivity contribution in [1.29, 1.82) is 0 Å². The Morgan fingerprint density at radius 1 is 1.22 bits per heavy atom. The van der Waals surface area contributed by atoms with Crippen molar-refractivity contribution in [2.75, 3.05) is 33.2 Å². The van der Waals surface area contributed by atoms with Gasteiger partial charge in [0.1, 0.15) is 11.1 Å². The van der Waals surface area contributed by atoms with E-state index in [1.54, 1.807) is 4.90 Å². The molecule has 0 N–H and O–H groups in total. The number of nitro benzene ring substituents is 1. The average Bonchev–Trinajstić information content (AvgIpc) is 2.53. The van der Waals surface area contributed by atoms with Gasteiger partial charge in [0.15, 0.2) is 0 Å². The number of piperazine rings is 1. The summed E-state index contributed by atoms with van der Waals surface area (Å²) in [5, 5.41) is 11.2. The number of carbonyl (C=O) groups excluding carboxylic acids is 1. The number of nitro groups is 1.